The highest BCUT2D eigenvalue weighted by Crippen LogP contribution is 2.46. The van der Waals surface area contributed by atoms with Crippen LogP contribution < -0.4 is 5.32 Å². The summed E-state index contributed by atoms with van der Waals surface area (Å²) in [6.45, 7) is 18.5. The quantitative estimate of drug-likeness (QED) is 0.177. The van der Waals surface area contributed by atoms with Gasteiger partial charge in [-0.2, -0.15) is 8.78 Å². The van der Waals surface area contributed by atoms with Gasteiger partial charge in [0.15, 0.2) is 8.32 Å². The Hall–Kier alpha value is -2.17. The molecule has 0 fully saturated rings. The lowest BCUT2D eigenvalue weighted by Gasteiger charge is -2.42. The maximum absolute atomic E-state index is 16.1. The van der Waals surface area contributed by atoms with Gasteiger partial charge in [0.25, 0.3) is 0 Å². The molecule has 10 heteroatoms. The van der Waals surface area contributed by atoms with Crippen LogP contribution in [-0.4, -0.2) is 33.6 Å². The third-order valence-corrected chi connectivity index (χ3v) is 13.3. The van der Waals surface area contributed by atoms with Gasteiger partial charge in [-0.1, -0.05) is 53.7 Å². The number of aromatic nitrogens is 3. The molecule has 0 saturated carbocycles. The van der Waals surface area contributed by atoms with Crippen LogP contribution >= 0.6 is 11.8 Å². The molecule has 2 aromatic heterocycles. The maximum Gasteiger partial charge on any atom is 0.302 e. The summed E-state index contributed by atoms with van der Waals surface area (Å²) in [5.41, 5.74) is -1.76. The molecule has 3 rings (SSSR count). The van der Waals surface area contributed by atoms with Gasteiger partial charge in [-0.05, 0) is 58.0 Å². The van der Waals surface area contributed by atoms with Gasteiger partial charge in [0, 0.05) is 15.7 Å². The fourth-order valence-corrected chi connectivity index (χ4v) is 8.97. The molecule has 0 unspecified atom stereocenters. The van der Waals surface area contributed by atoms with E-state index in [9.17, 15) is 0 Å². The Labute approximate surface area is 242 Å². The molecule has 5 nitrogen and oxygen atoms in total. The second kappa shape index (κ2) is 12.0. The fourth-order valence-electron chi connectivity index (χ4n) is 4.91. The number of fused-ring (bicyclic) bond motifs is 1. The minimum absolute atomic E-state index is 0.0487. The summed E-state index contributed by atoms with van der Waals surface area (Å²) in [6.07, 6.45) is 1.70. The molecule has 0 bridgehead atoms. The average Bonchev–Trinajstić information content (AvgIpc) is 2.86. The van der Waals surface area contributed by atoms with Crippen molar-refractivity contribution in [1.82, 2.24) is 15.0 Å². The highest BCUT2D eigenvalue weighted by molar-refractivity contribution is 8.00. The summed E-state index contributed by atoms with van der Waals surface area (Å²) in [6, 6.07) is 7.59. The van der Waals surface area contributed by atoms with Gasteiger partial charge in [0.2, 0.25) is 0 Å². The SMILES string of the molecule is CC[Si](CC)(CC)OC(C)(C)C(F)(F)c1cccc([C@@H](C)Nc2nc(C)nc3cnc(SC(C)(C)C)cc23)c1F. The first kappa shape index (κ1) is 32.3. The van der Waals surface area contributed by atoms with Gasteiger partial charge in [-0.3, -0.25) is 0 Å². The minimum Gasteiger partial charge on any atom is -0.405 e. The predicted octanol–water partition coefficient (Wildman–Crippen LogP) is 9.43. The van der Waals surface area contributed by atoms with Crippen molar-refractivity contribution in [2.45, 2.75) is 115 Å². The normalized spacial score (nSPS) is 14.0. The van der Waals surface area contributed by atoms with Crippen molar-refractivity contribution < 1.29 is 17.6 Å². The van der Waals surface area contributed by atoms with Crippen molar-refractivity contribution >= 4 is 36.8 Å². The van der Waals surface area contributed by atoms with Crippen LogP contribution in [0.1, 0.15) is 85.3 Å². The van der Waals surface area contributed by atoms with E-state index >= 15 is 13.2 Å². The summed E-state index contributed by atoms with van der Waals surface area (Å²) in [4.78, 5) is 13.6. The molecule has 0 saturated heterocycles. The number of benzene rings is 1. The third-order valence-electron chi connectivity index (χ3n) is 7.43. The molecule has 0 spiro atoms. The van der Waals surface area contributed by atoms with Crippen LogP contribution in [0.5, 0.6) is 0 Å². The van der Waals surface area contributed by atoms with Crippen molar-refractivity contribution in [1.29, 1.82) is 0 Å². The zero-order valence-corrected chi connectivity index (χ0v) is 27.2. The van der Waals surface area contributed by atoms with Crippen LogP contribution in [0, 0.1) is 12.7 Å². The number of anilines is 1. The predicted molar refractivity (Wildman–Crippen MR) is 162 cm³/mol. The van der Waals surface area contributed by atoms with Crippen LogP contribution in [0.25, 0.3) is 10.9 Å². The lowest BCUT2D eigenvalue weighted by molar-refractivity contribution is -0.161. The number of alkyl halides is 2. The largest absolute Gasteiger partial charge is 0.405 e. The first-order chi connectivity index (χ1) is 18.5. The molecule has 40 heavy (non-hydrogen) atoms. The second-order valence-corrected chi connectivity index (χ2v) is 18.4. The summed E-state index contributed by atoms with van der Waals surface area (Å²) in [5, 5.41) is 4.80. The van der Waals surface area contributed by atoms with Gasteiger partial charge in [0.05, 0.1) is 28.3 Å². The smallest absolute Gasteiger partial charge is 0.302 e. The number of thioether (sulfide) groups is 1. The van der Waals surface area contributed by atoms with Gasteiger partial charge >= 0.3 is 5.92 Å². The highest BCUT2D eigenvalue weighted by atomic mass is 32.2. The number of rotatable bonds is 11. The number of aryl methyl sites for hydroxylation is 1. The molecule has 3 aromatic rings. The van der Waals surface area contributed by atoms with E-state index in [0.29, 0.717) is 17.2 Å². The molecule has 1 atom stereocenters. The Morgan fingerprint density at radius 3 is 2.23 bits per heavy atom. The number of nitrogens with zero attached hydrogens (tertiary/aromatic N) is 3. The minimum atomic E-state index is -3.55. The van der Waals surface area contributed by atoms with E-state index in [2.05, 4.69) is 41.0 Å². The molecular weight excluding hydrogens is 550 g/mol. The average molecular weight is 593 g/mol. The molecule has 2 heterocycles. The van der Waals surface area contributed by atoms with Crippen LogP contribution in [0.4, 0.5) is 19.0 Å². The van der Waals surface area contributed by atoms with Crippen LogP contribution in [0.2, 0.25) is 18.1 Å². The van der Waals surface area contributed by atoms with Crippen molar-refractivity contribution in [3.05, 3.63) is 53.2 Å². The lowest BCUT2D eigenvalue weighted by Crippen LogP contribution is -2.52. The fraction of sp³-hybridized carbons (Fsp3) is 0.567. The molecular formula is C30H43F3N4OSSi. The topological polar surface area (TPSA) is 59.9 Å². The van der Waals surface area contributed by atoms with Crippen LogP contribution in [0.15, 0.2) is 35.5 Å². The molecule has 1 N–H and O–H groups in total. The Balaban J connectivity index is 2.00. The monoisotopic (exact) mass is 592 g/mol. The standard InChI is InChI=1S/C30H43F3N4OSSi/c1-11-40(12-2,13-3)38-29(9,10)30(32,33)23-16-14-15-21(26(23)31)19(4)35-27-22-17-25(39-28(6,7)8)34-18-24(22)36-20(5)37-27/h14-19H,11-13H2,1-10H3,(H,35,36,37)/t19-/m1/s1. The molecule has 1 aromatic carbocycles. The first-order valence-corrected chi connectivity index (χ1v) is 17.3. The molecule has 0 aliphatic rings. The zero-order valence-electron chi connectivity index (χ0n) is 25.4. The van der Waals surface area contributed by atoms with Crippen molar-refractivity contribution in [3.63, 3.8) is 0 Å². The molecule has 0 aliphatic carbocycles. The molecule has 0 aliphatic heterocycles. The zero-order chi connectivity index (χ0) is 30.1. The van der Waals surface area contributed by atoms with E-state index in [1.165, 1.54) is 26.0 Å². The van der Waals surface area contributed by atoms with Gasteiger partial charge in [-0.25, -0.2) is 19.3 Å². The van der Waals surface area contributed by atoms with Crippen LogP contribution in [0.3, 0.4) is 0 Å². The van der Waals surface area contributed by atoms with Gasteiger partial charge < -0.3 is 9.74 Å². The van der Waals surface area contributed by atoms with Gasteiger partial charge in [0.1, 0.15) is 23.1 Å². The molecule has 0 amide bonds. The van der Waals surface area contributed by atoms with Gasteiger partial charge in [-0.15, -0.1) is 11.8 Å². The Morgan fingerprint density at radius 1 is 1.02 bits per heavy atom. The maximum atomic E-state index is 16.1. The summed E-state index contributed by atoms with van der Waals surface area (Å²) >= 11 is 1.61. The molecule has 0 radical (unpaired) electrons. The number of halogens is 3. The van der Waals surface area contributed by atoms with Crippen molar-refractivity contribution in [2.24, 2.45) is 0 Å². The Bertz CT molecular complexity index is 1330. The van der Waals surface area contributed by atoms with E-state index in [1.54, 1.807) is 31.8 Å². The van der Waals surface area contributed by atoms with E-state index in [-0.39, 0.29) is 10.3 Å². The third kappa shape index (κ3) is 6.82. The summed E-state index contributed by atoms with van der Waals surface area (Å²) < 4.78 is 54.3. The lowest BCUT2D eigenvalue weighted by atomic mass is 9.91. The second-order valence-electron chi connectivity index (χ2n) is 11.9. The number of pyridine rings is 1. The summed E-state index contributed by atoms with van der Waals surface area (Å²) in [7, 11) is -2.39. The van der Waals surface area contributed by atoms with Crippen LogP contribution in [-0.2, 0) is 10.3 Å². The highest BCUT2D eigenvalue weighted by Gasteiger charge is 2.54. The first-order valence-electron chi connectivity index (χ1n) is 14.0. The number of nitrogens with one attached hydrogen (secondary N) is 1. The Morgan fingerprint density at radius 2 is 1.65 bits per heavy atom. The van der Waals surface area contributed by atoms with E-state index in [4.69, 9.17) is 4.43 Å². The van der Waals surface area contributed by atoms with E-state index in [1.807, 2.05) is 26.8 Å². The number of hydrogen-bond acceptors (Lipinski definition) is 6. The van der Waals surface area contributed by atoms with Crippen molar-refractivity contribution in [3.8, 4) is 0 Å². The summed E-state index contributed by atoms with van der Waals surface area (Å²) in [5.74, 6) is -3.47. The number of hydrogen-bond donors (Lipinski definition) is 1. The van der Waals surface area contributed by atoms with Crippen molar-refractivity contribution in [2.75, 3.05) is 5.32 Å². The molecule has 220 valence electrons. The van der Waals surface area contributed by atoms with E-state index in [0.717, 1.165) is 34.6 Å². The van der Waals surface area contributed by atoms with E-state index < -0.39 is 37.3 Å². The Kier molecular flexibility index (Phi) is 9.68.